The van der Waals surface area contributed by atoms with E-state index in [-0.39, 0.29) is 5.91 Å². The van der Waals surface area contributed by atoms with Gasteiger partial charge >= 0.3 is 0 Å². The summed E-state index contributed by atoms with van der Waals surface area (Å²) in [6, 6.07) is 20.4. The summed E-state index contributed by atoms with van der Waals surface area (Å²) < 4.78 is 11.6. The predicted octanol–water partition coefficient (Wildman–Crippen LogP) is 7.01. The van der Waals surface area contributed by atoms with Crippen LogP contribution >= 0.6 is 23.2 Å². The van der Waals surface area contributed by atoms with Crippen molar-refractivity contribution < 1.29 is 14.3 Å². The van der Waals surface area contributed by atoms with E-state index in [4.69, 9.17) is 32.7 Å². The highest BCUT2D eigenvalue weighted by Crippen LogP contribution is 2.35. The molecular weight excluding hydrogens is 531 g/mol. The molecule has 3 aromatic carbocycles. The Labute approximate surface area is 240 Å². The Hall–Kier alpha value is -2.99. The van der Waals surface area contributed by atoms with Gasteiger partial charge in [0, 0.05) is 24.7 Å². The fraction of sp³-hybridized carbons (Fsp3) is 0.344. The van der Waals surface area contributed by atoms with E-state index < -0.39 is 0 Å². The van der Waals surface area contributed by atoms with Gasteiger partial charge < -0.3 is 19.7 Å². The average Bonchev–Trinajstić information content (AvgIpc) is 3.76. The first kappa shape index (κ1) is 27.6. The van der Waals surface area contributed by atoms with Crippen molar-refractivity contribution in [1.82, 2.24) is 10.2 Å². The molecule has 1 aliphatic carbocycles. The van der Waals surface area contributed by atoms with Crippen molar-refractivity contribution in [2.75, 3.05) is 26.3 Å². The molecule has 1 saturated carbocycles. The maximum absolute atomic E-state index is 13.8. The normalized spacial score (nSPS) is 15.3. The number of nitrogens with one attached hydrogen (secondary N) is 1. The highest BCUT2D eigenvalue weighted by Gasteiger charge is 2.35. The van der Waals surface area contributed by atoms with Crippen LogP contribution in [0.2, 0.25) is 10.0 Å². The Bertz CT molecular complexity index is 1340. The minimum Gasteiger partial charge on any atom is -0.490 e. The third-order valence-corrected chi connectivity index (χ3v) is 7.67. The number of aryl methyl sites for hydroxylation is 2. The molecule has 7 heteroatoms. The minimum absolute atomic E-state index is 0.145. The van der Waals surface area contributed by atoms with Crippen LogP contribution in [0.3, 0.4) is 0 Å². The van der Waals surface area contributed by atoms with Crippen LogP contribution in [0.25, 0.3) is 5.57 Å². The summed E-state index contributed by atoms with van der Waals surface area (Å²) >= 11 is 12.5. The van der Waals surface area contributed by atoms with E-state index in [2.05, 4.69) is 41.4 Å². The van der Waals surface area contributed by atoms with Crippen LogP contribution in [0.15, 0.2) is 66.2 Å². The molecular formula is C32H34Cl2N2O3. The van der Waals surface area contributed by atoms with Crippen molar-refractivity contribution in [2.24, 2.45) is 0 Å². The molecule has 1 fully saturated rings. The molecule has 1 aliphatic heterocycles. The molecule has 2 aliphatic rings. The summed E-state index contributed by atoms with van der Waals surface area (Å²) in [6.45, 7) is 6.78. The predicted molar refractivity (Wildman–Crippen MR) is 158 cm³/mol. The van der Waals surface area contributed by atoms with E-state index in [9.17, 15) is 4.79 Å². The zero-order valence-electron chi connectivity index (χ0n) is 22.4. The molecule has 0 atom stereocenters. The van der Waals surface area contributed by atoms with Gasteiger partial charge in [0.1, 0.15) is 19.0 Å². The number of amides is 1. The van der Waals surface area contributed by atoms with Crippen LogP contribution < -0.4 is 14.8 Å². The zero-order chi connectivity index (χ0) is 27.4. The van der Waals surface area contributed by atoms with Crippen molar-refractivity contribution in [3.05, 3.63) is 98.5 Å². The molecule has 1 amide bonds. The highest BCUT2D eigenvalue weighted by molar-refractivity contribution is 6.37. The van der Waals surface area contributed by atoms with Crippen LogP contribution in [0.1, 0.15) is 41.5 Å². The largest absolute Gasteiger partial charge is 0.490 e. The summed E-state index contributed by atoms with van der Waals surface area (Å²) in [7, 11) is 0. The number of benzene rings is 3. The van der Waals surface area contributed by atoms with Gasteiger partial charge in [-0.2, -0.15) is 0 Å². The summed E-state index contributed by atoms with van der Waals surface area (Å²) in [5.74, 6) is 1.36. The quantitative estimate of drug-likeness (QED) is 0.269. The van der Waals surface area contributed by atoms with E-state index in [0.717, 1.165) is 53.8 Å². The molecule has 39 heavy (non-hydrogen) atoms. The van der Waals surface area contributed by atoms with Crippen LogP contribution in [0.4, 0.5) is 0 Å². The minimum atomic E-state index is 0.145. The highest BCUT2D eigenvalue weighted by atomic mass is 35.5. The van der Waals surface area contributed by atoms with E-state index in [1.807, 2.05) is 43.3 Å². The molecule has 1 heterocycles. The summed E-state index contributed by atoms with van der Waals surface area (Å²) in [5.41, 5.74) is 6.42. The van der Waals surface area contributed by atoms with Gasteiger partial charge in [-0.05, 0) is 86.2 Å². The van der Waals surface area contributed by atoms with Crippen molar-refractivity contribution in [1.29, 1.82) is 0 Å². The molecule has 5 nitrogen and oxygen atoms in total. The third-order valence-electron chi connectivity index (χ3n) is 7.10. The Morgan fingerprint density at radius 1 is 0.949 bits per heavy atom. The van der Waals surface area contributed by atoms with Crippen molar-refractivity contribution in [2.45, 2.75) is 45.7 Å². The Morgan fingerprint density at radius 2 is 1.67 bits per heavy atom. The van der Waals surface area contributed by atoms with Crippen LogP contribution in [0, 0.1) is 13.8 Å². The van der Waals surface area contributed by atoms with Gasteiger partial charge in [-0.25, -0.2) is 0 Å². The SMILES string of the molecule is Cc1cccc(CN(C(=O)C2=C(c3ccc(OCCOc4c(Cl)cc(C)cc4Cl)cc3)CCNC2)C2CC2)c1. The van der Waals surface area contributed by atoms with Gasteiger partial charge in [0.25, 0.3) is 5.91 Å². The molecule has 0 aromatic heterocycles. The Balaban J connectivity index is 1.25. The number of hydrogen-bond acceptors (Lipinski definition) is 4. The standard InChI is InChI=1S/C32H34Cl2N2O3/c1-21-4-3-5-23(16-21)20-36(25-8-9-25)32(37)28-19-35-13-12-27(28)24-6-10-26(11-7-24)38-14-15-39-31-29(33)17-22(2)18-30(31)34/h3-7,10-11,16-18,25,35H,8-9,12-15,19-20H2,1-2H3. The molecule has 5 rings (SSSR count). The van der Waals surface area contributed by atoms with Crippen molar-refractivity contribution >= 4 is 34.7 Å². The van der Waals surface area contributed by atoms with E-state index >= 15 is 0 Å². The molecule has 3 aromatic rings. The molecule has 0 unspecified atom stereocenters. The molecule has 0 saturated heterocycles. The lowest BCUT2D eigenvalue weighted by Gasteiger charge is -2.28. The lowest BCUT2D eigenvalue weighted by molar-refractivity contribution is -0.128. The second kappa shape index (κ2) is 12.5. The molecule has 204 valence electrons. The molecule has 0 bridgehead atoms. The number of carbonyl (C=O) groups is 1. The maximum Gasteiger partial charge on any atom is 0.251 e. The lowest BCUT2D eigenvalue weighted by atomic mass is 9.93. The third kappa shape index (κ3) is 6.96. The first-order chi connectivity index (χ1) is 18.9. The number of ether oxygens (including phenoxy) is 2. The van der Waals surface area contributed by atoms with E-state index in [0.29, 0.717) is 48.1 Å². The van der Waals surface area contributed by atoms with E-state index in [1.54, 1.807) is 0 Å². The van der Waals surface area contributed by atoms with Crippen LogP contribution in [-0.2, 0) is 11.3 Å². The van der Waals surface area contributed by atoms with Gasteiger partial charge in [0.2, 0.25) is 0 Å². The molecule has 0 spiro atoms. The monoisotopic (exact) mass is 564 g/mol. The molecule has 0 radical (unpaired) electrons. The summed E-state index contributed by atoms with van der Waals surface area (Å²) in [5, 5.41) is 4.39. The fourth-order valence-electron chi connectivity index (χ4n) is 5.02. The summed E-state index contributed by atoms with van der Waals surface area (Å²) in [4.78, 5) is 15.9. The average molecular weight is 566 g/mol. The van der Waals surface area contributed by atoms with Crippen molar-refractivity contribution in [3.63, 3.8) is 0 Å². The van der Waals surface area contributed by atoms with Gasteiger partial charge in [-0.15, -0.1) is 0 Å². The maximum atomic E-state index is 13.8. The Morgan fingerprint density at radius 3 is 2.36 bits per heavy atom. The van der Waals surface area contributed by atoms with Gasteiger partial charge in [-0.1, -0.05) is 65.2 Å². The van der Waals surface area contributed by atoms with Crippen LogP contribution in [-0.4, -0.2) is 43.2 Å². The Kier molecular flexibility index (Phi) is 8.81. The zero-order valence-corrected chi connectivity index (χ0v) is 23.9. The lowest BCUT2D eigenvalue weighted by Crippen LogP contribution is -2.39. The number of nitrogens with zero attached hydrogens (tertiary/aromatic N) is 1. The number of carbonyl (C=O) groups excluding carboxylic acids is 1. The molecule has 1 N–H and O–H groups in total. The van der Waals surface area contributed by atoms with Gasteiger partial charge in [-0.3, -0.25) is 4.79 Å². The number of rotatable bonds is 10. The number of halogens is 2. The second-order valence-corrected chi connectivity index (χ2v) is 11.1. The topological polar surface area (TPSA) is 50.8 Å². The summed E-state index contributed by atoms with van der Waals surface area (Å²) in [6.07, 6.45) is 2.97. The second-order valence-electron chi connectivity index (χ2n) is 10.3. The first-order valence-corrected chi connectivity index (χ1v) is 14.3. The van der Waals surface area contributed by atoms with Gasteiger partial charge in [0.15, 0.2) is 5.75 Å². The van der Waals surface area contributed by atoms with Crippen LogP contribution in [0.5, 0.6) is 11.5 Å². The number of hydrogen-bond donors (Lipinski definition) is 1. The fourth-order valence-corrected chi connectivity index (χ4v) is 5.73. The van der Waals surface area contributed by atoms with Gasteiger partial charge in [0.05, 0.1) is 10.0 Å². The smallest absolute Gasteiger partial charge is 0.251 e. The first-order valence-electron chi connectivity index (χ1n) is 13.5. The van der Waals surface area contributed by atoms with Crippen molar-refractivity contribution in [3.8, 4) is 11.5 Å². The van der Waals surface area contributed by atoms with E-state index in [1.165, 1.54) is 11.1 Å².